The molecule has 3 aromatic heterocycles. The Morgan fingerprint density at radius 2 is 1.88 bits per heavy atom. The van der Waals surface area contributed by atoms with Gasteiger partial charge in [-0.1, -0.05) is 23.7 Å². The van der Waals surface area contributed by atoms with Crippen molar-refractivity contribution >= 4 is 35.5 Å². The van der Waals surface area contributed by atoms with Crippen molar-refractivity contribution in [2.75, 3.05) is 44.7 Å². The lowest BCUT2D eigenvalue weighted by Gasteiger charge is -2.33. The predicted molar refractivity (Wildman–Crippen MR) is 138 cm³/mol. The Morgan fingerprint density at radius 1 is 1.06 bits per heavy atom. The summed E-state index contributed by atoms with van der Waals surface area (Å²) in [7, 11) is 2.15. The molecule has 8 nitrogen and oxygen atoms in total. The quantitative estimate of drug-likeness (QED) is 0.436. The van der Waals surface area contributed by atoms with E-state index in [4.69, 9.17) is 27.3 Å². The maximum Gasteiger partial charge on any atom is 0.180 e. The van der Waals surface area contributed by atoms with Gasteiger partial charge in [0, 0.05) is 62.1 Å². The lowest BCUT2D eigenvalue weighted by atomic mass is 9.95. The molecule has 34 heavy (non-hydrogen) atoms. The van der Waals surface area contributed by atoms with Gasteiger partial charge in [0.2, 0.25) is 0 Å². The summed E-state index contributed by atoms with van der Waals surface area (Å²) in [6.45, 7) is 4.39. The molecule has 178 valence electrons. The summed E-state index contributed by atoms with van der Waals surface area (Å²) in [6, 6.07) is 9.73. The van der Waals surface area contributed by atoms with Crippen LogP contribution in [0, 0.1) is 0 Å². The third kappa shape index (κ3) is 5.00. The highest BCUT2D eigenvalue weighted by Crippen LogP contribution is 2.26. The number of aromatic nitrogens is 5. The number of halogens is 2. The van der Waals surface area contributed by atoms with Crippen LogP contribution in [0.4, 0.5) is 5.82 Å². The van der Waals surface area contributed by atoms with E-state index in [0.717, 1.165) is 60.4 Å². The summed E-state index contributed by atoms with van der Waals surface area (Å²) < 4.78 is 2.06. The smallest absolute Gasteiger partial charge is 0.180 e. The van der Waals surface area contributed by atoms with Gasteiger partial charge in [-0.25, -0.2) is 19.9 Å². The molecule has 0 radical (unpaired) electrons. The molecule has 4 aromatic rings. The zero-order chi connectivity index (χ0) is 22.8. The van der Waals surface area contributed by atoms with Gasteiger partial charge in [-0.05, 0) is 37.4 Å². The molecular weight excluding hydrogens is 471 g/mol. The lowest BCUT2D eigenvalue weighted by molar-refractivity contribution is 0.312. The first-order valence-electron chi connectivity index (χ1n) is 11.2. The number of hydrogen-bond donors (Lipinski definition) is 1. The monoisotopic (exact) mass is 498 g/mol. The van der Waals surface area contributed by atoms with E-state index in [2.05, 4.69) is 31.2 Å². The molecule has 1 atom stereocenters. The summed E-state index contributed by atoms with van der Waals surface area (Å²) in [6.07, 6.45) is 8.06. The summed E-state index contributed by atoms with van der Waals surface area (Å²) >= 11 is 6.18. The van der Waals surface area contributed by atoms with Gasteiger partial charge >= 0.3 is 0 Å². The molecule has 1 aromatic carbocycles. The second kappa shape index (κ2) is 10.7. The van der Waals surface area contributed by atoms with Crippen molar-refractivity contribution in [2.24, 2.45) is 5.73 Å². The fourth-order valence-electron chi connectivity index (χ4n) is 4.29. The van der Waals surface area contributed by atoms with Gasteiger partial charge in [0.05, 0.1) is 17.6 Å². The average Bonchev–Trinajstić information content (AvgIpc) is 3.28. The van der Waals surface area contributed by atoms with Gasteiger partial charge in [0.15, 0.2) is 11.5 Å². The van der Waals surface area contributed by atoms with Crippen LogP contribution in [0.25, 0.3) is 17.0 Å². The Kier molecular flexibility index (Phi) is 7.63. The Labute approximate surface area is 210 Å². The largest absolute Gasteiger partial charge is 0.351 e. The molecule has 4 heterocycles. The molecular formula is C24H28Cl2N8. The summed E-state index contributed by atoms with van der Waals surface area (Å²) in [5.41, 5.74) is 9.76. The van der Waals surface area contributed by atoms with Crippen LogP contribution < -0.4 is 10.6 Å². The van der Waals surface area contributed by atoms with Gasteiger partial charge in [-0.3, -0.25) is 4.40 Å². The first kappa shape index (κ1) is 24.3. The standard InChI is InChI=1S/C24H27ClN8.ClH/c1-31-9-11-32(12-10-31)23-24-29-16-21(33(24)8-7-28-23)20-5-6-27-22(30-20)14-18(15-26)17-3-2-4-19(25)13-17;/h2-8,13,16,18H,9-12,14-15,26H2,1H3;1H. The average molecular weight is 499 g/mol. The number of fused-ring (bicyclic) bond motifs is 1. The summed E-state index contributed by atoms with van der Waals surface area (Å²) in [4.78, 5) is 23.3. The number of nitrogens with zero attached hydrogens (tertiary/aromatic N) is 7. The predicted octanol–water partition coefficient (Wildman–Crippen LogP) is 3.30. The fraction of sp³-hybridized carbons (Fsp3) is 0.333. The molecule has 0 bridgehead atoms. The number of anilines is 1. The van der Waals surface area contributed by atoms with Crippen LogP contribution in [-0.4, -0.2) is 69.0 Å². The van der Waals surface area contributed by atoms with E-state index in [1.165, 1.54) is 0 Å². The molecule has 0 aliphatic carbocycles. The topological polar surface area (TPSA) is 88.5 Å². The number of piperazine rings is 1. The van der Waals surface area contributed by atoms with E-state index in [-0.39, 0.29) is 18.3 Å². The number of hydrogen-bond acceptors (Lipinski definition) is 7. The number of likely N-dealkylation sites (N-methyl/N-ethyl adjacent to an activating group) is 1. The van der Waals surface area contributed by atoms with E-state index in [1.807, 2.05) is 48.9 Å². The van der Waals surface area contributed by atoms with Crippen molar-refractivity contribution in [3.63, 3.8) is 0 Å². The van der Waals surface area contributed by atoms with Crippen molar-refractivity contribution in [3.8, 4) is 11.4 Å². The van der Waals surface area contributed by atoms with Crippen LogP contribution in [0.5, 0.6) is 0 Å². The summed E-state index contributed by atoms with van der Waals surface area (Å²) in [5, 5.41) is 0.705. The van der Waals surface area contributed by atoms with Crippen LogP contribution in [0.3, 0.4) is 0 Å². The van der Waals surface area contributed by atoms with Crippen molar-refractivity contribution < 1.29 is 0 Å². The molecule has 1 unspecified atom stereocenters. The zero-order valence-electron chi connectivity index (χ0n) is 19.0. The lowest BCUT2D eigenvalue weighted by Crippen LogP contribution is -2.45. The number of rotatable bonds is 6. The molecule has 5 rings (SSSR count). The Bertz CT molecular complexity index is 1250. The van der Waals surface area contributed by atoms with Gasteiger partial charge < -0.3 is 15.5 Å². The highest BCUT2D eigenvalue weighted by Gasteiger charge is 2.20. The van der Waals surface area contributed by atoms with Crippen molar-refractivity contribution in [1.82, 2.24) is 29.2 Å². The minimum Gasteiger partial charge on any atom is -0.351 e. The molecule has 0 spiro atoms. The molecule has 0 amide bonds. The summed E-state index contributed by atoms with van der Waals surface area (Å²) in [5.74, 6) is 1.75. The van der Waals surface area contributed by atoms with Crippen LogP contribution in [0.1, 0.15) is 17.3 Å². The molecule has 1 fully saturated rings. The highest BCUT2D eigenvalue weighted by atomic mass is 35.5. The van der Waals surface area contributed by atoms with Crippen molar-refractivity contribution in [1.29, 1.82) is 0 Å². The third-order valence-electron chi connectivity index (χ3n) is 6.21. The third-order valence-corrected chi connectivity index (χ3v) is 6.45. The highest BCUT2D eigenvalue weighted by molar-refractivity contribution is 6.30. The molecule has 10 heteroatoms. The Hall–Kier alpha value is -2.78. The van der Waals surface area contributed by atoms with Crippen LogP contribution in [0.15, 0.2) is 55.1 Å². The van der Waals surface area contributed by atoms with Gasteiger partial charge in [-0.15, -0.1) is 12.4 Å². The minimum absolute atomic E-state index is 0. The van der Waals surface area contributed by atoms with E-state index >= 15 is 0 Å². The van der Waals surface area contributed by atoms with Crippen molar-refractivity contribution in [3.05, 3.63) is 71.5 Å². The second-order valence-corrected chi connectivity index (χ2v) is 8.86. The molecule has 1 aliphatic rings. The van der Waals surface area contributed by atoms with Gasteiger partial charge in [0.25, 0.3) is 0 Å². The van der Waals surface area contributed by atoms with E-state index in [9.17, 15) is 0 Å². The normalized spacial score (nSPS) is 15.3. The van der Waals surface area contributed by atoms with Crippen LogP contribution in [-0.2, 0) is 6.42 Å². The maximum absolute atomic E-state index is 6.18. The first-order valence-corrected chi connectivity index (χ1v) is 11.5. The zero-order valence-corrected chi connectivity index (χ0v) is 20.6. The molecule has 1 saturated heterocycles. The number of benzene rings is 1. The fourth-order valence-corrected chi connectivity index (χ4v) is 4.49. The second-order valence-electron chi connectivity index (χ2n) is 8.43. The van der Waals surface area contributed by atoms with Crippen molar-refractivity contribution in [2.45, 2.75) is 12.3 Å². The van der Waals surface area contributed by atoms with E-state index in [0.29, 0.717) is 18.0 Å². The Morgan fingerprint density at radius 3 is 2.65 bits per heavy atom. The maximum atomic E-state index is 6.18. The molecule has 2 N–H and O–H groups in total. The van der Waals surface area contributed by atoms with E-state index < -0.39 is 0 Å². The van der Waals surface area contributed by atoms with Gasteiger partial charge in [0.1, 0.15) is 5.82 Å². The number of imidazole rings is 1. The number of nitrogens with two attached hydrogens (primary N) is 1. The van der Waals surface area contributed by atoms with E-state index in [1.54, 1.807) is 6.20 Å². The SMILES string of the molecule is CN1CCN(c2nccn3c(-c4ccnc(CC(CN)c5cccc(Cl)c5)n4)cnc23)CC1.Cl. The van der Waals surface area contributed by atoms with Gasteiger partial charge in [-0.2, -0.15) is 0 Å². The first-order chi connectivity index (χ1) is 16.1. The van der Waals surface area contributed by atoms with Crippen LogP contribution in [0.2, 0.25) is 5.02 Å². The minimum atomic E-state index is 0. The molecule has 1 aliphatic heterocycles. The Balaban J connectivity index is 0.00000274. The van der Waals surface area contributed by atoms with Crippen LogP contribution >= 0.6 is 24.0 Å². The molecule has 0 saturated carbocycles.